The van der Waals surface area contributed by atoms with Crippen molar-refractivity contribution in [3.8, 4) is 0 Å². The molecule has 1 aromatic carbocycles. The zero-order valence-electron chi connectivity index (χ0n) is 12.5. The van der Waals surface area contributed by atoms with E-state index in [-0.39, 0.29) is 18.5 Å². The summed E-state index contributed by atoms with van der Waals surface area (Å²) >= 11 is 0. The van der Waals surface area contributed by atoms with E-state index in [9.17, 15) is 27.6 Å². The molecule has 1 heterocycles. The van der Waals surface area contributed by atoms with E-state index in [0.717, 1.165) is 23.1 Å². The lowest BCUT2D eigenvalue weighted by atomic mass is 10.0. The highest BCUT2D eigenvalue weighted by molar-refractivity contribution is 5.96. The Balaban J connectivity index is 2.23. The summed E-state index contributed by atoms with van der Waals surface area (Å²) in [4.78, 5) is 35.5. The van der Waals surface area contributed by atoms with Crippen molar-refractivity contribution in [3.05, 3.63) is 35.4 Å². The zero-order valence-corrected chi connectivity index (χ0v) is 12.5. The number of hydrogen-bond acceptors (Lipinski definition) is 3. The number of carboxylic acid groups (broad SMARTS) is 1. The molecule has 1 aliphatic rings. The lowest BCUT2D eigenvalue weighted by Gasteiger charge is -2.22. The van der Waals surface area contributed by atoms with Crippen LogP contribution in [0.4, 0.5) is 18.0 Å². The third kappa shape index (κ3) is 4.24. The molecule has 1 aromatic rings. The van der Waals surface area contributed by atoms with Crippen LogP contribution in [0.3, 0.4) is 0 Å². The number of amides is 3. The molecule has 9 heteroatoms. The van der Waals surface area contributed by atoms with Crippen LogP contribution in [-0.4, -0.2) is 34.5 Å². The van der Waals surface area contributed by atoms with E-state index in [1.807, 2.05) is 0 Å². The third-order valence-corrected chi connectivity index (χ3v) is 3.61. The van der Waals surface area contributed by atoms with Crippen LogP contribution in [0, 0.1) is 0 Å². The maximum absolute atomic E-state index is 12.8. The largest absolute Gasteiger partial charge is 0.481 e. The van der Waals surface area contributed by atoms with Gasteiger partial charge in [-0.3, -0.25) is 14.5 Å². The van der Waals surface area contributed by atoms with E-state index in [1.54, 1.807) is 0 Å². The van der Waals surface area contributed by atoms with E-state index >= 15 is 0 Å². The Bertz CT molecular complexity index is 660. The SMILES string of the molecule is O=C(O)C[C@@H](NC(=O)N1CCCC1=O)c1cccc(C(F)(F)F)c1. The number of urea groups is 1. The molecule has 6 nitrogen and oxygen atoms in total. The Hall–Kier alpha value is -2.58. The fraction of sp³-hybridized carbons (Fsp3) is 0.400. The Labute approximate surface area is 135 Å². The van der Waals surface area contributed by atoms with Crippen LogP contribution < -0.4 is 5.32 Å². The van der Waals surface area contributed by atoms with Gasteiger partial charge in [-0.05, 0) is 24.1 Å². The lowest BCUT2D eigenvalue weighted by Crippen LogP contribution is -2.42. The highest BCUT2D eigenvalue weighted by Gasteiger charge is 2.32. The Kier molecular flexibility index (Phi) is 5.10. The molecule has 24 heavy (non-hydrogen) atoms. The van der Waals surface area contributed by atoms with Crippen molar-refractivity contribution in [3.63, 3.8) is 0 Å². The molecule has 2 N–H and O–H groups in total. The average Bonchev–Trinajstić information content (AvgIpc) is 2.91. The summed E-state index contributed by atoms with van der Waals surface area (Å²) < 4.78 is 38.4. The molecule has 3 amide bonds. The summed E-state index contributed by atoms with van der Waals surface area (Å²) in [7, 11) is 0. The molecular formula is C15H15F3N2O4. The van der Waals surface area contributed by atoms with Gasteiger partial charge in [-0.2, -0.15) is 13.2 Å². The predicted octanol–water partition coefficient (Wildman–Crippen LogP) is 2.55. The number of carbonyl (C=O) groups excluding carboxylic acids is 2. The van der Waals surface area contributed by atoms with Crippen molar-refractivity contribution in [1.29, 1.82) is 0 Å². The Morgan fingerprint density at radius 1 is 1.33 bits per heavy atom. The predicted molar refractivity (Wildman–Crippen MR) is 75.9 cm³/mol. The molecule has 0 unspecified atom stereocenters. The number of nitrogens with one attached hydrogen (secondary N) is 1. The summed E-state index contributed by atoms with van der Waals surface area (Å²) in [6, 6.07) is 2.11. The van der Waals surface area contributed by atoms with Crippen molar-refractivity contribution in [2.75, 3.05) is 6.54 Å². The summed E-state index contributed by atoms with van der Waals surface area (Å²) in [5, 5.41) is 11.3. The fourth-order valence-electron chi connectivity index (χ4n) is 2.45. The number of carbonyl (C=O) groups is 3. The molecule has 0 radical (unpaired) electrons. The first-order chi connectivity index (χ1) is 11.2. The Morgan fingerprint density at radius 2 is 2.04 bits per heavy atom. The van der Waals surface area contributed by atoms with Gasteiger partial charge < -0.3 is 10.4 Å². The molecule has 0 aromatic heterocycles. The van der Waals surface area contributed by atoms with Gasteiger partial charge in [0.15, 0.2) is 0 Å². The first-order valence-corrected chi connectivity index (χ1v) is 7.18. The van der Waals surface area contributed by atoms with Crippen LogP contribution in [0.2, 0.25) is 0 Å². The van der Waals surface area contributed by atoms with Gasteiger partial charge in [-0.1, -0.05) is 12.1 Å². The summed E-state index contributed by atoms with van der Waals surface area (Å²) in [5.74, 6) is -1.68. The fourth-order valence-corrected chi connectivity index (χ4v) is 2.45. The molecule has 0 saturated carbocycles. The first kappa shape index (κ1) is 17.8. The summed E-state index contributed by atoms with van der Waals surface area (Å²) in [5.41, 5.74) is -0.936. The van der Waals surface area contributed by atoms with Crippen molar-refractivity contribution >= 4 is 17.9 Å². The van der Waals surface area contributed by atoms with Gasteiger partial charge in [0.1, 0.15) is 0 Å². The maximum atomic E-state index is 12.8. The van der Waals surface area contributed by atoms with Crippen LogP contribution in [0.15, 0.2) is 24.3 Å². The normalized spacial score (nSPS) is 16.1. The van der Waals surface area contributed by atoms with Gasteiger partial charge in [0.25, 0.3) is 0 Å². The van der Waals surface area contributed by atoms with Gasteiger partial charge in [0.2, 0.25) is 5.91 Å². The number of aliphatic carboxylic acids is 1. The van der Waals surface area contributed by atoms with Gasteiger partial charge in [0, 0.05) is 13.0 Å². The van der Waals surface area contributed by atoms with E-state index in [2.05, 4.69) is 5.32 Å². The number of imide groups is 1. The topological polar surface area (TPSA) is 86.7 Å². The summed E-state index contributed by atoms with van der Waals surface area (Å²) in [6.45, 7) is 0.201. The molecule has 1 saturated heterocycles. The van der Waals surface area contributed by atoms with Gasteiger partial charge in [-0.15, -0.1) is 0 Å². The number of hydrogen-bond donors (Lipinski definition) is 2. The lowest BCUT2D eigenvalue weighted by molar-refractivity contribution is -0.138. The molecule has 0 spiro atoms. The van der Waals surface area contributed by atoms with E-state index in [0.29, 0.717) is 6.42 Å². The molecule has 1 fully saturated rings. The number of alkyl halides is 3. The highest BCUT2D eigenvalue weighted by Crippen LogP contribution is 2.31. The van der Waals surface area contributed by atoms with Crippen LogP contribution in [0.25, 0.3) is 0 Å². The molecular weight excluding hydrogens is 329 g/mol. The smallest absolute Gasteiger partial charge is 0.416 e. The van der Waals surface area contributed by atoms with E-state index in [1.165, 1.54) is 6.07 Å². The second kappa shape index (κ2) is 6.90. The molecule has 0 aliphatic carbocycles. The van der Waals surface area contributed by atoms with Crippen LogP contribution in [-0.2, 0) is 15.8 Å². The van der Waals surface area contributed by atoms with Gasteiger partial charge in [-0.25, -0.2) is 4.79 Å². The van der Waals surface area contributed by atoms with Crippen LogP contribution in [0.5, 0.6) is 0 Å². The van der Waals surface area contributed by atoms with Gasteiger partial charge >= 0.3 is 18.2 Å². The highest BCUT2D eigenvalue weighted by atomic mass is 19.4. The van der Waals surface area contributed by atoms with E-state index in [4.69, 9.17) is 5.11 Å². The second-order valence-corrected chi connectivity index (χ2v) is 5.37. The number of rotatable bonds is 4. The van der Waals surface area contributed by atoms with Crippen LogP contribution in [0.1, 0.15) is 36.4 Å². The number of carboxylic acids is 1. The monoisotopic (exact) mass is 344 g/mol. The number of benzene rings is 1. The zero-order chi connectivity index (χ0) is 17.9. The van der Waals surface area contributed by atoms with Crippen LogP contribution >= 0.6 is 0 Å². The minimum atomic E-state index is -4.58. The summed E-state index contributed by atoms with van der Waals surface area (Å²) in [6.07, 6.45) is -4.48. The van der Waals surface area contributed by atoms with Crippen molar-refractivity contribution in [1.82, 2.24) is 10.2 Å². The molecule has 1 atom stereocenters. The maximum Gasteiger partial charge on any atom is 0.416 e. The molecule has 1 aliphatic heterocycles. The van der Waals surface area contributed by atoms with Crippen molar-refractivity contribution in [2.24, 2.45) is 0 Å². The number of likely N-dealkylation sites (tertiary alicyclic amines) is 1. The second-order valence-electron chi connectivity index (χ2n) is 5.37. The average molecular weight is 344 g/mol. The van der Waals surface area contributed by atoms with Crippen molar-refractivity contribution in [2.45, 2.75) is 31.5 Å². The van der Waals surface area contributed by atoms with Gasteiger partial charge in [0.05, 0.1) is 18.0 Å². The molecule has 2 rings (SSSR count). The minimum Gasteiger partial charge on any atom is -0.481 e. The van der Waals surface area contributed by atoms with E-state index < -0.39 is 42.1 Å². The first-order valence-electron chi connectivity index (χ1n) is 7.18. The Morgan fingerprint density at radius 3 is 2.58 bits per heavy atom. The third-order valence-electron chi connectivity index (χ3n) is 3.61. The number of halogens is 3. The number of nitrogens with zero attached hydrogens (tertiary/aromatic N) is 1. The van der Waals surface area contributed by atoms with Crippen molar-refractivity contribution < 1.29 is 32.7 Å². The quantitative estimate of drug-likeness (QED) is 0.879. The standard InChI is InChI=1S/C15H15F3N2O4/c16-15(17,18)10-4-1-3-9(7-10)11(8-13(22)23)19-14(24)20-6-2-5-12(20)21/h1,3-4,7,11H,2,5-6,8H2,(H,19,24)(H,22,23)/t11-/m1/s1. The molecule has 0 bridgehead atoms. The molecule has 130 valence electrons. The minimum absolute atomic E-state index is 0.00669.